The molecule has 5 rings (SSSR count). The Balaban J connectivity index is 1.02. The molecule has 2 aliphatic heterocycles. The number of anilines is 1. The molecule has 3 aromatic rings. The molecule has 252 valence electrons. The minimum absolute atomic E-state index is 0.130. The van der Waals surface area contributed by atoms with Gasteiger partial charge in [0.2, 0.25) is 0 Å². The zero-order chi connectivity index (χ0) is 33.6. The standard InChI is InChI=1S/C32H33F6N5O4/c33-31(34,35)46-27-9-1-23(2-10-27)21-40-13-17-42(18-14-40)29(44)25-5-7-26(8-6-25)39-30(45)43-19-15-41(16-20-43)22-24-3-11-28(12-4-24)47-32(36,37)38/h1-12H,13-22H2,(H,39,45). The van der Waals surface area contributed by atoms with Crippen molar-refractivity contribution in [1.29, 1.82) is 0 Å². The average Bonchev–Trinajstić information content (AvgIpc) is 3.02. The number of amides is 3. The topological polar surface area (TPSA) is 77.6 Å². The summed E-state index contributed by atoms with van der Waals surface area (Å²) in [5.74, 6) is -0.675. The summed E-state index contributed by atoms with van der Waals surface area (Å²) in [6.07, 6.45) is -9.47. The summed E-state index contributed by atoms with van der Waals surface area (Å²) < 4.78 is 82.0. The van der Waals surface area contributed by atoms with Gasteiger partial charge in [-0.15, -0.1) is 26.3 Å². The molecule has 0 saturated carbocycles. The third-order valence-corrected chi connectivity index (χ3v) is 7.83. The SMILES string of the molecule is O=C(Nc1ccc(C(=O)N2CCN(Cc3ccc(OC(F)(F)F)cc3)CC2)cc1)N1CCN(Cc2ccc(OC(F)(F)F)cc2)CC1. The highest BCUT2D eigenvalue weighted by molar-refractivity contribution is 5.95. The van der Waals surface area contributed by atoms with E-state index < -0.39 is 12.7 Å². The second-order valence-electron chi connectivity index (χ2n) is 11.2. The van der Waals surface area contributed by atoms with Gasteiger partial charge in [0.25, 0.3) is 5.91 Å². The summed E-state index contributed by atoms with van der Waals surface area (Å²) in [7, 11) is 0. The first-order chi connectivity index (χ1) is 22.3. The number of piperazine rings is 2. The molecule has 0 atom stereocenters. The number of ether oxygens (including phenoxy) is 2. The number of hydrogen-bond donors (Lipinski definition) is 1. The summed E-state index contributed by atoms with van der Waals surface area (Å²) in [6, 6.07) is 17.9. The molecule has 1 N–H and O–H groups in total. The van der Waals surface area contributed by atoms with Gasteiger partial charge in [-0.05, 0) is 59.7 Å². The summed E-state index contributed by atoms with van der Waals surface area (Å²) in [6.45, 7) is 5.42. The summed E-state index contributed by atoms with van der Waals surface area (Å²) in [4.78, 5) is 33.6. The number of alkyl halides is 6. The van der Waals surface area contributed by atoms with Crippen molar-refractivity contribution in [2.75, 3.05) is 57.7 Å². The van der Waals surface area contributed by atoms with Crippen LogP contribution in [0.4, 0.5) is 36.8 Å². The van der Waals surface area contributed by atoms with Gasteiger partial charge in [0, 0.05) is 76.7 Å². The number of nitrogens with one attached hydrogen (secondary N) is 1. The van der Waals surface area contributed by atoms with Gasteiger partial charge in [0.1, 0.15) is 11.5 Å². The van der Waals surface area contributed by atoms with Crippen molar-refractivity contribution >= 4 is 17.6 Å². The van der Waals surface area contributed by atoms with E-state index in [1.165, 1.54) is 24.3 Å². The van der Waals surface area contributed by atoms with Crippen molar-refractivity contribution in [3.63, 3.8) is 0 Å². The number of hydrogen-bond acceptors (Lipinski definition) is 6. The minimum atomic E-state index is -4.74. The molecule has 0 unspecified atom stereocenters. The van der Waals surface area contributed by atoms with Crippen LogP contribution in [0.2, 0.25) is 0 Å². The lowest BCUT2D eigenvalue weighted by Crippen LogP contribution is -2.49. The molecule has 47 heavy (non-hydrogen) atoms. The first-order valence-electron chi connectivity index (χ1n) is 14.9. The Morgan fingerprint density at radius 1 is 0.574 bits per heavy atom. The van der Waals surface area contributed by atoms with E-state index in [2.05, 4.69) is 24.6 Å². The molecule has 0 bridgehead atoms. The van der Waals surface area contributed by atoms with E-state index in [4.69, 9.17) is 0 Å². The van der Waals surface area contributed by atoms with Crippen LogP contribution >= 0.6 is 0 Å². The second kappa shape index (κ2) is 14.5. The Morgan fingerprint density at radius 2 is 0.979 bits per heavy atom. The van der Waals surface area contributed by atoms with Crippen molar-refractivity contribution in [3.8, 4) is 11.5 Å². The molecule has 9 nitrogen and oxygen atoms in total. The molecule has 0 aliphatic carbocycles. The van der Waals surface area contributed by atoms with Gasteiger partial charge in [-0.25, -0.2) is 4.79 Å². The first kappa shape index (κ1) is 33.9. The number of benzene rings is 3. The molecule has 2 aliphatic rings. The Bertz CT molecular complexity index is 1480. The molecule has 0 aromatic heterocycles. The number of carbonyl (C=O) groups is 2. The number of rotatable bonds is 8. The van der Waals surface area contributed by atoms with Crippen LogP contribution in [0.15, 0.2) is 72.8 Å². The molecule has 3 aromatic carbocycles. The molecular formula is C32H33F6N5O4. The van der Waals surface area contributed by atoms with E-state index in [0.29, 0.717) is 76.7 Å². The van der Waals surface area contributed by atoms with Gasteiger partial charge in [0.15, 0.2) is 0 Å². The largest absolute Gasteiger partial charge is 0.573 e. The van der Waals surface area contributed by atoms with E-state index >= 15 is 0 Å². The van der Waals surface area contributed by atoms with Crippen LogP contribution in [-0.4, -0.2) is 96.6 Å². The predicted molar refractivity (Wildman–Crippen MR) is 160 cm³/mol. The number of halogens is 6. The molecule has 15 heteroatoms. The van der Waals surface area contributed by atoms with Gasteiger partial charge in [-0.1, -0.05) is 24.3 Å². The number of nitrogens with zero attached hydrogens (tertiary/aromatic N) is 4. The maximum absolute atomic E-state index is 13.1. The van der Waals surface area contributed by atoms with E-state index in [-0.39, 0.29) is 23.4 Å². The summed E-state index contributed by atoms with van der Waals surface area (Å²) in [5.41, 5.74) is 2.71. The maximum Gasteiger partial charge on any atom is 0.573 e. The Kier molecular flexibility index (Phi) is 10.4. The van der Waals surface area contributed by atoms with Crippen molar-refractivity contribution in [3.05, 3.63) is 89.5 Å². The Morgan fingerprint density at radius 3 is 1.38 bits per heavy atom. The van der Waals surface area contributed by atoms with Crippen molar-refractivity contribution in [2.45, 2.75) is 25.8 Å². The highest BCUT2D eigenvalue weighted by Gasteiger charge is 2.32. The third kappa shape index (κ3) is 10.2. The van der Waals surface area contributed by atoms with Crippen LogP contribution in [0.5, 0.6) is 11.5 Å². The van der Waals surface area contributed by atoms with E-state index in [1.807, 2.05) is 0 Å². The molecule has 2 fully saturated rings. The highest BCUT2D eigenvalue weighted by Crippen LogP contribution is 2.25. The molecule has 2 heterocycles. The fourth-order valence-electron chi connectivity index (χ4n) is 5.41. The molecule has 0 spiro atoms. The average molecular weight is 666 g/mol. The van der Waals surface area contributed by atoms with Crippen LogP contribution < -0.4 is 14.8 Å². The van der Waals surface area contributed by atoms with Gasteiger partial charge in [-0.3, -0.25) is 14.6 Å². The van der Waals surface area contributed by atoms with E-state index in [9.17, 15) is 35.9 Å². The lowest BCUT2D eigenvalue weighted by molar-refractivity contribution is -0.275. The molecule has 2 saturated heterocycles. The predicted octanol–water partition coefficient (Wildman–Crippen LogP) is 5.79. The molecular weight excluding hydrogens is 632 g/mol. The number of carbonyl (C=O) groups excluding carboxylic acids is 2. The van der Waals surface area contributed by atoms with Crippen molar-refractivity contribution in [2.24, 2.45) is 0 Å². The van der Waals surface area contributed by atoms with Crippen LogP contribution in [-0.2, 0) is 13.1 Å². The highest BCUT2D eigenvalue weighted by atomic mass is 19.4. The van der Waals surface area contributed by atoms with Crippen LogP contribution in [0.25, 0.3) is 0 Å². The zero-order valence-corrected chi connectivity index (χ0v) is 25.2. The second-order valence-corrected chi connectivity index (χ2v) is 11.2. The third-order valence-electron chi connectivity index (χ3n) is 7.83. The minimum Gasteiger partial charge on any atom is -0.406 e. The summed E-state index contributed by atoms with van der Waals surface area (Å²) in [5, 5.41) is 2.86. The molecule has 3 amide bonds. The Labute approximate surface area is 267 Å². The lowest BCUT2D eigenvalue weighted by atomic mass is 10.1. The first-order valence-corrected chi connectivity index (χ1v) is 14.9. The fourth-order valence-corrected chi connectivity index (χ4v) is 5.41. The van der Waals surface area contributed by atoms with Gasteiger partial charge in [-0.2, -0.15) is 0 Å². The number of urea groups is 1. The van der Waals surface area contributed by atoms with Crippen molar-refractivity contribution < 1.29 is 45.4 Å². The summed E-state index contributed by atoms with van der Waals surface area (Å²) >= 11 is 0. The van der Waals surface area contributed by atoms with Crippen molar-refractivity contribution in [1.82, 2.24) is 19.6 Å². The van der Waals surface area contributed by atoms with Gasteiger partial charge < -0.3 is 24.6 Å². The monoisotopic (exact) mass is 665 g/mol. The maximum atomic E-state index is 13.1. The fraction of sp³-hybridized carbons (Fsp3) is 0.375. The Hall–Kier alpha value is -4.50. The molecule has 0 radical (unpaired) electrons. The van der Waals surface area contributed by atoms with Gasteiger partial charge >= 0.3 is 18.8 Å². The quantitative estimate of drug-likeness (QED) is 0.307. The van der Waals surface area contributed by atoms with Crippen LogP contribution in [0, 0.1) is 0 Å². The normalized spacial score (nSPS) is 16.6. The lowest BCUT2D eigenvalue weighted by Gasteiger charge is -2.35. The zero-order valence-electron chi connectivity index (χ0n) is 25.2. The smallest absolute Gasteiger partial charge is 0.406 e. The van der Waals surface area contributed by atoms with Crippen LogP contribution in [0.3, 0.4) is 0 Å². The van der Waals surface area contributed by atoms with Gasteiger partial charge in [0.05, 0.1) is 0 Å². The van der Waals surface area contributed by atoms with E-state index in [1.54, 1.807) is 58.3 Å². The van der Waals surface area contributed by atoms with Crippen LogP contribution in [0.1, 0.15) is 21.5 Å². The van der Waals surface area contributed by atoms with E-state index in [0.717, 1.165) is 11.1 Å².